The van der Waals surface area contributed by atoms with E-state index in [1.54, 1.807) is 51.1 Å². The summed E-state index contributed by atoms with van der Waals surface area (Å²) in [5, 5.41) is 0. The van der Waals surface area contributed by atoms with Gasteiger partial charge >= 0.3 is 5.97 Å². The Bertz CT molecular complexity index is 1170. The molecular weight excluding hydrogens is 480 g/mol. The van der Waals surface area contributed by atoms with Crippen molar-refractivity contribution in [3.8, 4) is 5.95 Å². The summed E-state index contributed by atoms with van der Waals surface area (Å²) in [6, 6.07) is 8.21. The normalized spacial score (nSPS) is 14.2. The van der Waals surface area contributed by atoms with Crippen molar-refractivity contribution in [3.05, 3.63) is 57.4 Å². The van der Waals surface area contributed by atoms with E-state index in [1.165, 1.54) is 14.0 Å². The lowest BCUT2D eigenvalue weighted by Crippen LogP contribution is -2.50. The highest BCUT2D eigenvalue weighted by atomic mass is 32.2. The van der Waals surface area contributed by atoms with Crippen molar-refractivity contribution in [2.24, 2.45) is 0 Å². The number of ether oxygens (including phenoxy) is 2. The highest BCUT2D eigenvalue weighted by Gasteiger charge is 2.49. The van der Waals surface area contributed by atoms with Crippen molar-refractivity contribution >= 4 is 15.8 Å². The van der Waals surface area contributed by atoms with Gasteiger partial charge in [0.15, 0.2) is 15.3 Å². The van der Waals surface area contributed by atoms with Gasteiger partial charge in [0.2, 0.25) is 0 Å². The van der Waals surface area contributed by atoms with Crippen LogP contribution >= 0.6 is 0 Å². The summed E-state index contributed by atoms with van der Waals surface area (Å²) < 4.78 is 43.4. The molecule has 2 rings (SSSR count). The van der Waals surface area contributed by atoms with Crippen molar-refractivity contribution in [1.29, 1.82) is 0 Å². The quantitative estimate of drug-likeness (QED) is 0.232. The molecule has 0 bridgehead atoms. The summed E-state index contributed by atoms with van der Waals surface area (Å²) in [5.74, 6) is -0.298. The number of unbranched alkanes of at least 4 members (excludes halogenated alkanes) is 5. The van der Waals surface area contributed by atoms with Gasteiger partial charge in [-0.25, -0.2) is 8.42 Å². The predicted octanol–water partition coefficient (Wildman–Crippen LogP) is 5.72. The Labute approximate surface area is 215 Å². The van der Waals surface area contributed by atoms with Gasteiger partial charge in [-0.3, -0.25) is 9.59 Å². The largest absolute Gasteiger partial charge is 0.468 e. The van der Waals surface area contributed by atoms with Gasteiger partial charge in [0.05, 0.1) is 17.6 Å². The Balaban J connectivity index is 2.56. The van der Waals surface area contributed by atoms with Crippen molar-refractivity contribution in [2.75, 3.05) is 7.11 Å². The number of rotatable bonds is 14. The average Bonchev–Trinajstić information content (AvgIpc) is 2.85. The van der Waals surface area contributed by atoms with Gasteiger partial charge in [0.25, 0.3) is 5.95 Å². The van der Waals surface area contributed by atoms with E-state index in [4.69, 9.17) is 13.9 Å². The molecule has 2 atom stereocenters. The molecule has 8 heteroatoms. The summed E-state index contributed by atoms with van der Waals surface area (Å²) in [6.45, 7) is 8.26. The first-order chi connectivity index (χ1) is 17.0. The van der Waals surface area contributed by atoms with Crippen LogP contribution < -0.4 is 10.2 Å². The molecule has 2 unspecified atom stereocenters. The standard InChI is InChI=1S/C28H40O7S/c1-7-8-9-10-11-15-18-28(5,36(31,32)23-16-13-12-14-17-23)25(34-22(4)29)19-24-20(2)26(30)21(3)27(33-6)35-24/h12-14,16-17,25H,7-11,15,18-19H2,1-6H3. The topological polar surface area (TPSA) is 99.9 Å². The van der Waals surface area contributed by atoms with Gasteiger partial charge in [-0.05, 0) is 39.3 Å². The number of methoxy groups -OCH3 is 1. The summed E-state index contributed by atoms with van der Waals surface area (Å²) in [6.07, 6.45) is 5.04. The van der Waals surface area contributed by atoms with Crippen LogP contribution in [0.2, 0.25) is 0 Å². The molecule has 0 spiro atoms. The van der Waals surface area contributed by atoms with Crippen molar-refractivity contribution in [2.45, 2.75) is 102 Å². The minimum Gasteiger partial charge on any atom is -0.468 e. The van der Waals surface area contributed by atoms with E-state index >= 15 is 0 Å². The third kappa shape index (κ3) is 6.78. The molecule has 0 saturated heterocycles. The molecule has 0 aliphatic heterocycles. The molecule has 0 fully saturated rings. The molecule has 36 heavy (non-hydrogen) atoms. The summed E-state index contributed by atoms with van der Waals surface area (Å²) in [5.41, 5.74) is 0.414. The number of hydrogen-bond donors (Lipinski definition) is 0. The number of carbonyl (C=O) groups excluding carboxylic acids is 1. The second-order valence-electron chi connectivity index (χ2n) is 9.55. The molecule has 0 amide bonds. The number of esters is 1. The van der Waals surface area contributed by atoms with Crippen LogP contribution in [-0.4, -0.2) is 32.3 Å². The molecule has 0 radical (unpaired) electrons. The first-order valence-electron chi connectivity index (χ1n) is 12.6. The van der Waals surface area contributed by atoms with Crippen molar-refractivity contribution in [1.82, 2.24) is 0 Å². The van der Waals surface area contributed by atoms with E-state index in [9.17, 15) is 18.0 Å². The maximum absolute atomic E-state index is 14.1. The average molecular weight is 521 g/mol. The Morgan fingerprint density at radius 3 is 2.22 bits per heavy atom. The lowest BCUT2D eigenvalue weighted by molar-refractivity contribution is -0.148. The van der Waals surface area contributed by atoms with Crippen molar-refractivity contribution in [3.63, 3.8) is 0 Å². The third-order valence-electron chi connectivity index (χ3n) is 6.86. The zero-order chi connectivity index (χ0) is 26.9. The van der Waals surface area contributed by atoms with Gasteiger partial charge in [-0.2, -0.15) is 0 Å². The van der Waals surface area contributed by atoms with Gasteiger partial charge in [0, 0.05) is 18.9 Å². The van der Waals surface area contributed by atoms with Gasteiger partial charge in [0.1, 0.15) is 16.6 Å². The lowest BCUT2D eigenvalue weighted by Gasteiger charge is -2.36. The highest BCUT2D eigenvalue weighted by Crippen LogP contribution is 2.37. The van der Waals surface area contributed by atoms with E-state index in [-0.39, 0.29) is 28.5 Å². The molecule has 0 saturated carbocycles. The Kier molecular flexibility index (Phi) is 10.8. The highest BCUT2D eigenvalue weighted by molar-refractivity contribution is 7.92. The molecule has 1 aromatic carbocycles. The first kappa shape index (κ1) is 29.6. The number of carbonyl (C=O) groups is 1. The fourth-order valence-corrected chi connectivity index (χ4v) is 6.44. The Morgan fingerprint density at radius 2 is 1.64 bits per heavy atom. The van der Waals surface area contributed by atoms with E-state index in [0.717, 1.165) is 32.1 Å². The van der Waals surface area contributed by atoms with Crippen LogP contribution in [0.3, 0.4) is 0 Å². The Hall–Kier alpha value is -2.61. The molecule has 0 N–H and O–H groups in total. The van der Waals surface area contributed by atoms with Crippen LogP contribution in [0.25, 0.3) is 0 Å². The SMILES string of the molecule is CCCCCCCCC(C)(C(Cc1oc(OC)c(C)c(=O)c1C)OC(C)=O)S(=O)(=O)c1ccccc1. The molecule has 1 aromatic heterocycles. The van der Waals surface area contributed by atoms with E-state index < -0.39 is 26.7 Å². The zero-order valence-electron chi connectivity index (χ0n) is 22.4. The number of benzene rings is 1. The van der Waals surface area contributed by atoms with Crippen LogP contribution in [0.4, 0.5) is 0 Å². The lowest BCUT2D eigenvalue weighted by atomic mass is 9.91. The third-order valence-corrected chi connectivity index (χ3v) is 9.45. The molecule has 0 aliphatic rings. The predicted molar refractivity (Wildman–Crippen MR) is 140 cm³/mol. The molecule has 1 heterocycles. The fourth-order valence-electron chi connectivity index (χ4n) is 4.50. The van der Waals surface area contributed by atoms with Gasteiger partial charge in [-0.15, -0.1) is 0 Å². The van der Waals surface area contributed by atoms with Crippen molar-refractivity contribution < 1.29 is 27.1 Å². The summed E-state index contributed by atoms with van der Waals surface area (Å²) >= 11 is 0. The van der Waals surface area contributed by atoms with Crippen LogP contribution in [0.15, 0.2) is 44.4 Å². The zero-order valence-corrected chi connectivity index (χ0v) is 23.2. The molecule has 7 nitrogen and oxygen atoms in total. The van der Waals surface area contributed by atoms with E-state index in [2.05, 4.69) is 6.92 Å². The molecule has 0 aliphatic carbocycles. The minimum absolute atomic E-state index is 0.0609. The summed E-state index contributed by atoms with van der Waals surface area (Å²) in [7, 11) is -2.54. The maximum atomic E-state index is 14.1. The van der Waals surface area contributed by atoms with Gasteiger partial charge in [-0.1, -0.05) is 63.6 Å². The van der Waals surface area contributed by atoms with Crippen LogP contribution in [0, 0.1) is 13.8 Å². The Morgan fingerprint density at radius 1 is 1.03 bits per heavy atom. The monoisotopic (exact) mass is 520 g/mol. The van der Waals surface area contributed by atoms with Crippen LogP contribution in [0.1, 0.15) is 82.6 Å². The minimum atomic E-state index is -3.94. The van der Waals surface area contributed by atoms with E-state index in [1.807, 2.05) is 0 Å². The van der Waals surface area contributed by atoms with Gasteiger partial charge < -0.3 is 13.9 Å². The molecule has 200 valence electrons. The second-order valence-corrected chi connectivity index (χ2v) is 12.0. The maximum Gasteiger partial charge on any atom is 0.302 e. The molecular formula is C28H40O7S. The fraction of sp³-hybridized carbons (Fsp3) is 0.571. The number of hydrogen-bond acceptors (Lipinski definition) is 7. The summed E-state index contributed by atoms with van der Waals surface area (Å²) in [4.78, 5) is 25.1. The van der Waals surface area contributed by atoms with Crippen LogP contribution in [0.5, 0.6) is 5.95 Å². The second kappa shape index (κ2) is 13.1. The van der Waals surface area contributed by atoms with Crippen LogP contribution in [-0.2, 0) is 25.8 Å². The number of sulfone groups is 1. The molecule has 2 aromatic rings. The first-order valence-corrected chi connectivity index (χ1v) is 14.1. The van der Waals surface area contributed by atoms with E-state index in [0.29, 0.717) is 24.0 Å². The smallest absolute Gasteiger partial charge is 0.302 e.